The van der Waals surface area contributed by atoms with E-state index in [2.05, 4.69) is 41.1 Å². The van der Waals surface area contributed by atoms with Crippen molar-refractivity contribution in [2.75, 3.05) is 20.2 Å². The number of ether oxygens (including phenoxy) is 2. The minimum absolute atomic E-state index is 0.152. The quantitative estimate of drug-likeness (QED) is 0.223. The van der Waals surface area contributed by atoms with E-state index in [-0.39, 0.29) is 17.4 Å². The lowest BCUT2D eigenvalue weighted by Gasteiger charge is -2.38. The summed E-state index contributed by atoms with van der Waals surface area (Å²) >= 11 is 0. The molecule has 0 spiro atoms. The summed E-state index contributed by atoms with van der Waals surface area (Å²) < 4.78 is 41.3. The van der Waals surface area contributed by atoms with Crippen molar-refractivity contribution in [2.45, 2.75) is 23.3 Å². The van der Waals surface area contributed by atoms with E-state index in [1.54, 1.807) is 48.4 Å². The maximum atomic E-state index is 13.7. The molecule has 43 heavy (non-hydrogen) atoms. The maximum Gasteiger partial charge on any atom is 0.415 e. The number of carbonyl (C=O) groups excluding carboxylic acids is 1. The van der Waals surface area contributed by atoms with E-state index in [4.69, 9.17) is 9.47 Å². The Labute approximate surface area is 251 Å². The second-order valence-electron chi connectivity index (χ2n) is 10.6. The predicted molar refractivity (Wildman–Crippen MR) is 168 cm³/mol. The standard InChI is InChI=1S/C35H32N2O5S/c1-41-30-12-7-13-31(23-30)42-35(38)37-21-20-33(28-16-14-27(15-17-28)25-8-3-2-4-9-25)34(24-37)36-43(39,40)32-19-18-26-10-5-6-11-29(26)22-32/h2-19,22-23,33-34,36H,20-21,24H2,1H3/t33-,34+/m1/s1. The first-order valence-corrected chi connectivity index (χ1v) is 15.7. The number of hydrogen-bond donors (Lipinski definition) is 1. The molecule has 1 fully saturated rings. The lowest BCUT2D eigenvalue weighted by atomic mass is 9.85. The summed E-state index contributed by atoms with van der Waals surface area (Å²) in [6.45, 7) is 0.572. The summed E-state index contributed by atoms with van der Waals surface area (Å²) in [5, 5.41) is 1.80. The molecule has 0 radical (unpaired) electrons. The zero-order valence-electron chi connectivity index (χ0n) is 23.7. The summed E-state index contributed by atoms with van der Waals surface area (Å²) in [5.41, 5.74) is 3.20. The number of carbonyl (C=O) groups is 1. The second-order valence-corrected chi connectivity index (χ2v) is 12.3. The fraction of sp³-hybridized carbons (Fsp3) is 0.171. The van der Waals surface area contributed by atoms with Gasteiger partial charge in [0.1, 0.15) is 11.5 Å². The van der Waals surface area contributed by atoms with Crippen LogP contribution in [0, 0.1) is 0 Å². The highest BCUT2D eigenvalue weighted by molar-refractivity contribution is 7.89. The molecule has 218 valence electrons. The van der Waals surface area contributed by atoms with Crippen LogP contribution in [0.15, 0.2) is 126 Å². The molecule has 6 rings (SSSR count). The van der Waals surface area contributed by atoms with Gasteiger partial charge in [0.15, 0.2) is 0 Å². The van der Waals surface area contributed by atoms with E-state index in [1.807, 2.05) is 48.5 Å². The molecular weight excluding hydrogens is 560 g/mol. The third kappa shape index (κ3) is 6.40. The van der Waals surface area contributed by atoms with Crippen molar-refractivity contribution in [1.29, 1.82) is 0 Å². The molecule has 5 aromatic carbocycles. The topological polar surface area (TPSA) is 84.9 Å². The minimum atomic E-state index is -3.91. The Morgan fingerprint density at radius 1 is 0.767 bits per heavy atom. The van der Waals surface area contributed by atoms with Gasteiger partial charge in [-0.25, -0.2) is 17.9 Å². The van der Waals surface area contributed by atoms with E-state index in [0.29, 0.717) is 24.5 Å². The molecule has 0 saturated carbocycles. The van der Waals surface area contributed by atoms with Gasteiger partial charge in [0.05, 0.1) is 12.0 Å². The number of sulfonamides is 1. The third-order valence-electron chi connectivity index (χ3n) is 7.90. The first-order valence-electron chi connectivity index (χ1n) is 14.2. The van der Waals surface area contributed by atoms with Crippen molar-refractivity contribution in [2.24, 2.45) is 0 Å². The first kappa shape index (κ1) is 28.5. The number of piperidine rings is 1. The van der Waals surface area contributed by atoms with Crippen molar-refractivity contribution in [3.05, 3.63) is 127 Å². The number of methoxy groups -OCH3 is 1. The van der Waals surface area contributed by atoms with E-state index >= 15 is 0 Å². The molecule has 1 aliphatic rings. The third-order valence-corrected chi connectivity index (χ3v) is 9.39. The fourth-order valence-corrected chi connectivity index (χ4v) is 6.92. The minimum Gasteiger partial charge on any atom is -0.497 e. The largest absolute Gasteiger partial charge is 0.497 e. The average Bonchev–Trinajstić information content (AvgIpc) is 3.05. The molecule has 8 heteroatoms. The highest BCUT2D eigenvalue weighted by Gasteiger charge is 2.36. The summed E-state index contributed by atoms with van der Waals surface area (Å²) in [5.74, 6) is 0.779. The van der Waals surface area contributed by atoms with Crippen molar-refractivity contribution < 1.29 is 22.7 Å². The average molecular weight is 593 g/mol. The molecule has 1 amide bonds. The molecule has 0 bridgehead atoms. The molecule has 1 saturated heterocycles. The Bertz CT molecular complexity index is 1840. The van der Waals surface area contributed by atoms with E-state index < -0.39 is 22.2 Å². The smallest absolute Gasteiger partial charge is 0.415 e. The molecule has 2 atom stereocenters. The van der Waals surface area contributed by atoms with Crippen molar-refractivity contribution in [3.63, 3.8) is 0 Å². The van der Waals surface area contributed by atoms with Gasteiger partial charge in [0.2, 0.25) is 10.0 Å². The van der Waals surface area contributed by atoms with Crippen LogP contribution in [0.5, 0.6) is 11.5 Å². The number of hydrogen-bond acceptors (Lipinski definition) is 5. The van der Waals surface area contributed by atoms with Crippen LogP contribution in [0.4, 0.5) is 4.79 Å². The predicted octanol–water partition coefficient (Wildman–Crippen LogP) is 6.85. The highest BCUT2D eigenvalue weighted by Crippen LogP contribution is 2.32. The van der Waals surface area contributed by atoms with E-state index in [0.717, 1.165) is 27.5 Å². The van der Waals surface area contributed by atoms with Gasteiger partial charge in [-0.05, 0) is 58.1 Å². The normalized spacial score (nSPS) is 17.0. The molecule has 0 aliphatic carbocycles. The first-order chi connectivity index (χ1) is 20.9. The van der Waals surface area contributed by atoms with Gasteiger partial charge >= 0.3 is 6.09 Å². The molecule has 7 nitrogen and oxygen atoms in total. The number of likely N-dealkylation sites (tertiary alicyclic amines) is 1. The van der Waals surface area contributed by atoms with E-state index in [9.17, 15) is 13.2 Å². The highest BCUT2D eigenvalue weighted by atomic mass is 32.2. The van der Waals surface area contributed by atoms with Gasteiger partial charge in [-0.1, -0.05) is 91.0 Å². The van der Waals surface area contributed by atoms with Crippen LogP contribution >= 0.6 is 0 Å². The molecular formula is C35H32N2O5S. The maximum absolute atomic E-state index is 13.7. The van der Waals surface area contributed by atoms with Crippen LogP contribution in [0.3, 0.4) is 0 Å². The Kier molecular flexibility index (Phi) is 8.13. The molecule has 1 aliphatic heterocycles. The molecule has 0 aromatic heterocycles. The SMILES string of the molecule is COc1cccc(OC(=O)N2CC[C@H](c3ccc(-c4ccccc4)cc3)[C@@H](NS(=O)(=O)c3ccc4ccccc4c3)C2)c1. The summed E-state index contributed by atoms with van der Waals surface area (Å²) in [6.07, 6.45) is 0.0176. The zero-order chi connectivity index (χ0) is 29.8. The number of fused-ring (bicyclic) bond motifs is 1. The zero-order valence-corrected chi connectivity index (χ0v) is 24.5. The lowest BCUT2D eigenvalue weighted by molar-refractivity contribution is 0.130. The van der Waals surface area contributed by atoms with Crippen LogP contribution in [0.25, 0.3) is 21.9 Å². The number of rotatable bonds is 7. The Balaban J connectivity index is 1.27. The van der Waals surface area contributed by atoms with Crippen molar-refractivity contribution in [3.8, 4) is 22.6 Å². The fourth-order valence-electron chi connectivity index (χ4n) is 5.62. The molecule has 1 N–H and O–H groups in total. The second kappa shape index (κ2) is 12.3. The van der Waals surface area contributed by atoms with Gasteiger partial charge in [-0.3, -0.25) is 0 Å². The van der Waals surface area contributed by atoms with Gasteiger partial charge in [-0.15, -0.1) is 0 Å². The van der Waals surface area contributed by atoms with Crippen LogP contribution < -0.4 is 14.2 Å². The molecule has 0 unspecified atom stereocenters. The summed E-state index contributed by atoms with van der Waals surface area (Å²) in [6, 6.07) is 37.3. The Hall–Kier alpha value is -4.66. The van der Waals surface area contributed by atoms with Crippen LogP contribution in [-0.2, 0) is 10.0 Å². The molecule has 5 aromatic rings. The van der Waals surface area contributed by atoms with Crippen molar-refractivity contribution in [1.82, 2.24) is 9.62 Å². The van der Waals surface area contributed by atoms with E-state index in [1.165, 1.54) is 0 Å². The summed E-state index contributed by atoms with van der Waals surface area (Å²) in [4.78, 5) is 15.0. The number of nitrogens with one attached hydrogen (secondary N) is 1. The van der Waals surface area contributed by atoms with Crippen LogP contribution in [-0.4, -0.2) is 45.7 Å². The molecule has 1 heterocycles. The van der Waals surface area contributed by atoms with Gasteiger partial charge in [0.25, 0.3) is 0 Å². The monoisotopic (exact) mass is 592 g/mol. The Morgan fingerprint density at radius 2 is 1.47 bits per heavy atom. The van der Waals surface area contributed by atoms with Crippen LogP contribution in [0.1, 0.15) is 17.9 Å². The summed E-state index contributed by atoms with van der Waals surface area (Å²) in [7, 11) is -2.36. The number of nitrogens with zero attached hydrogens (tertiary/aromatic N) is 1. The lowest BCUT2D eigenvalue weighted by Crippen LogP contribution is -2.53. The van der Waals surface area contributed by atoms with Gasteiger partial charge in [0, 0.05) is 31.1 Å². The van der Waals surface area contributed by atoms with Gasteiger partial charge < -0.3 is 14.4 Å². The van der Waals surface area contributed by atoms with Crippen molar-refractivity contribution >= 4 is 26.9 Å². The Morgan fingerprint density at radius 3 is 2.23 bits per heavy atom. The number of amides is 1. The number of benzene rings is 5. The van der Waals surface area contributed by atoms with Crippen LogP contribution in [0.2, 0.25) is 0 Å². The van der Waals surface area contributed by atoms with Gasteiger partial charge in [-0.2, -0.15) is 0 Å².